The van der Waals surface area contributed by atoms with Crippen LogP contribution in [-0.2, 0) is 5.54 Å². The monoisotopic (exact) mass is 422 g/mol. The molecule has 26 heavy (non-hydrogen) atoms. The Morgan fingerprint density at radius 2 is 1.92 bits per heavy atom. The highest BCUT2D eigenvalue weighted by Gasteiger charge is 2.35. The van der Waals surface area contributed by atoms with Crippen molar-refractivity contribution in [2.45, 2.75) is 19.4 Å². The van der Waals surface area contributed by atoms with Gasteiger partial charge in [-0.1, -0.05) is 47.0 Å². The number of fused-ring (bicyclic) bond motifs is 3. The summed E-state index contributed by atoms with van der Waals surface area (Å²) < 4.78 is 8.11. The van der Waals surface area contributed by atoms with Gasteiger partial charge in [0.1, 0.15) is 10.4 Å². The Balaban J connectivity index is 2.03. The number of nitrogens with zero attached hydrogens (tertiary/aromatic N) is 1. The van der Waals surface area contributed by atoms with Gasteiger partial charge in [0, 0.05) is 21.8 Å². The largest absolute Gasteiger partial charge is 0.497 e. The topological polar surface area (TPSA) is 26.2 Å². The van der Waals surface area contributed by atoms with Gasteiger partial charge in [-0.2, -0.15) is 0 Å². The van der Waals surface area contributed by atoms with E-state index in [9.17, 15) is 0 Å². The minimum Gasteiger partial charge on any atom is -0.497 e. The Morgan fingerprint density at radius 1 is 1.15 bits per heavy atom. The van der Waals surface area contributed by atoms with Gasteiger partial charge in [0.15, 0.2) is 0 Å². The van der Waals surface area contributed by atoms with Crippen LogP contribution in [0.1, 0.15) is 18.7 Å². The maximum absolute atomic E-state index is 6.43. The van der Waals surface area contributed by atoms with Crippen molar-refractivity contribution in [3.05, 3.63) is 56.0 Å². The van der Waals surface area contributed by atoms with Crippen molar-refractivity contribution in [1.29, 1.82) is 0 Å². The molecule has 3 aromatic rings. The number of ether oxygens (including phenoxy) is 1. The van der Waals surface area contributed by atoms with E-state index in [2.05, 4.69) is 19.2 Å². The van der Waals surface area contributed by atoms with E-state index in [0.717, 1.165) is 37.8 Å². The zero-order valence-corrected chi connectivity index (χ0v) is 17.5. The molecule has 1 aromatic heterocycles. The molecule has 0 spiro atoms. The lowest BCUT2D eigenvalue weighted by molar-refractivity contribution is 0.415. The van der Waals surface area contributed by atoms with Gasteiger partial charge in [0.2, 0.25) is 0 Å². The fourth-order valence-corrected chi connectivity index (χ4v) is 5.29. The number of halogens is 2. The zero-order valence-electron chi connectivity index (χ0n) is 14.4. The van der Waals surface area contributed by atoms with Crippen molar-refractivity contribution in [3.8, 4) is 22.6 Å². The first-order chi connectivity index (χ1) is 12.3. The van der Waals surface area contributed by atoms with Crippen molar-refractivity contribution in [2.24, 2.45) is 0 Å². The number of methoxy groups -OCH3 is 1. The molecule has 0 aliphatic carbocycles. The molecular formula is C19H16Cl2N2OS2. The molecule has 7 heteroatoms. The van der Waals surface area contributed by atoms with E-state index in [4.69, 9.17) is 40.2 Å². The fraction of sp³-hybridized carbons (Fsp3) is 0.211. The van der Waals surface area contributed by atoms with Crippen LogP contribution < -0.4 is 10.1 Å². The van der Waals surface area contributed by atoms with Crippen LogP contribution in [0.2, 0.25) is 10.0 Å². The predicted octanol–water partition coefficient (Wildman–Crippen LogP) is 6.91. The molecule has 1 aliphatic heterocycles. The normalized spacial score (nSPS) is 14.3. The smallest absolute Gasteiger partial charge is 0.129 e. The lowest BCUT2D eigenvalue weighted by Gasteiger charge is -2.33. The van der Waals surface area contributed by atoms with Crippen molar-refractivity contribution in [2.75, 3.05) is 12.4 Å². The average molecular weight is 423 g/mol. The lowest BCUT2D eigenvalue weighted by Crippen LogP contribution is -2.30. The third-order valence-corrected chi connectivity index (χ3v) is 6.96. The first-order valence-corrected chi connectivity index (χ1v) is 9.94. The van der Waals surface area contributed by atoms with Gasteiger partial charge in [-0.25, -0.2) is 0 Å². The molecule has 2 heterocycles. The van der Waals surface area contributed by atoms with Gasteiger partial charge in [0.05, 0.1) is 28.2 Å². The van der Waals surface area contributed by atoms with Gasteiger partial charge >= 0.3 is 0 Å². The van der Waals surface area contributed by atoms with Crippen LogP contribution in [0.5, 0.6) is 5.75 Å². The molecule has 0 atom stereocenters. The quantitative estimate of drug-likeness (QED) is 0.454. The van der Waals surface area contributed by atoms with Gasteiger partial charge in [-0.15, -0.1) is 0 Å². The molecule has 0 amide bonds. The number of aromatic nitrogens is 1. The van der Waals surface area contributed by atoms with Crippen molar-refractivity contribution >= 4 is 52.6 Å². The highest BCUT2D eigenvalue weighted by molar-refractivity contribution is 7.71. The van der Waals surface area contributed by atoms with Crippen LogP contribution in [0.4, 0.5) is 5.69 Å². The zero-order chi connectivity index (χ0) is 18.6. The number of nitrogens with one attached hydrogen (secondary N) is 1. The van der Waals surface area contributed by atoms with E-state index in [0.29, 0.717) is 10.0 Å². The minimum atomic E-state index is -0.258. The van der Waals surface area contributed by atoms with E-state index in [1.807, 2.05) is 28.2 Å². The van der Waals surface area contributed by atoms with Crippen LogP contribution in [0.25, 0.3) is 16.8 Å². The molecule has 134 valence electrons. The molecule has 2 aromatic carbocycles. The van der Waals surface area contributed by atoms with Crippen LogP contribution in [0.3, 0.4) is 0 Å². The Kier molecular flexibility index (Phi) is 4.31. The SMILES string of the molecule is COc1ccc2c(c1)-c1c(sn(-c3cc(Cl)ccc3Cl)c1=S)C(C)(C)N2. The van der Waals surface area contributed by atoms with E-state index in [-0.39, 0.29) is 5.54 Å². The summed E-state index contributed by atoms with van der Waals surface area (Å²) in [5, 5.41) is 4.83. The highest BCUT2D eigenvalue weighted by Crippen LogP contribution is 2.48. The first-order valence-electron chi connectivity index (χ1n) is 8.00. The number of hydrogen-bond acceptors (Lipinski definition) is 4. The number of benzene rings is 2. The molecule has 0 unspecified atom stereocenters. The summed E-state index contributed by atoms with van der Waals surface area (Å²) >= 11 is 20.1. The molecule has 0 bridgehead atoms. The fourth-order valence-electron chi connectivity index (χ4n) is 3.20. The minimum absolute atomic E-state index is 0.258. The second-order valence-corrected chi connectivity index (χ2v) is 8.84. The summed E-state index contributed by atoms with van der Waals surface area (Å²) in [7, 11) is 1.66. The molecule has 0 saturated carbocycles. The Bertz CT molecular complexity index is 1090. The maximum Gasteiger partial charge on any atom is 0.129 e. The predicted molar refractivity (Wildman–Crippen MR) is 113 cm³/mol. The van der Waals surface area contributed by atoms with Crippen molar-refractivity contribution in [1.82, 2.24) is 3.96 Å². The Morgan fingerprint density at radius 3 is 2.65 bits per heavy atom. The average Bonchev–Trinajstić information content (AvgIpc) is 2.95. The van der Waals surface area contributed by atoms with Crippen LogP contribution in [-0.4, -0.2) is 11.1 Å². The molecule has 4 rings (SSSR count). The third-order valence-electron chi connectivity index (χ3n) is 4.45. The summed E-state index contributed by atoms with van der Waals surface area (Å²) in [5.41, 5.74) is 3.65. The van der Waals surface area contributed by atoms with E-state index in [1.165, 1.54) is 0 Å². The first kappa shape index (κ1) is 17.9. The maximum atomic E-state index is 6.43. The second-order valence-electron chi connectivity index (χ2n) is 6.65. The third kappa shape index (κ3) is 2.74. The summed E-state index contributed by atoms with van der Waals surface area (Å²) in [6.07, 6.45) is 0. The van der Waals surface area contributed by atoms with Crippen LogP contribution in [0.15, 0.2) is 36.4 Å². The Labute approximate surface area is 171 Å². The molecule has 0 radical (unpaired) electrons. The molecule has 0 saturated heterocycles. The lowest BCUT2D eigenvalue weighted by atomic mass is 9.90. The number of anilines is 1. The van der Waals surface area contributed by atoms with Gasteiger partial charge < -0.3 is 10.1 Å². The second kappa shape index (κ2) is 6.27. The summed E-state index contributed by atoms with van der Waals surface area (Å²) in [4.78, 5) is 1.15. The molecule has 0 fully saturated rings. The standard InChI is InChI=1S/C19H16Cl2N2OS2/c1-19(2)17-16(12-9-11(24-3)5-7-14(12)22-19)18(25)23(26-17)15-8-10(20)4-6-13(15)21/h4-9,22H,1-3H3. The van der Waals surface area contributed by atoms with E-state index < -0.39 is 0 Å². The van der Waals surface area contributed by atoms with Crippen molar-refractivity contribution < 1.29 is 4.74 Å². The van der Waals surface area contributed by atoms with Gasteiger partial charge in [-0.05, 0) is 50.2 Å². The number of rotatable bonds is 2. The summed E-state index contributed by atoms with van der Waals surface area (Å²) in [6, 6.07) is 11.4. The summed E-state index contributed by atoms with van der Waals surface area (Å²) in [5.74, 6) is 0.796. The molecule has 1 N–H and O–H groups in total. The van der Waals surface area contributed by atoms with Gasteiger partial charge in [-0.3, -0.25) is 3.96 Å². The summed E-state index contributed by atoms with van der Waals surface area (Å²) in [6.45, 7) is 4.29. The van der Waals surface area contributed by atoms with Crippen LogP contribution >= 0.6 is 47.0 Å². The van der Waals surface area contributed by atoms with Gasteiger partial charge in [0.25, 0.3) is 0 Å². The Hall–Kier alpha value is -1.53. The molecular weight excluding hydrogens is 407 g/mol. The van der Waals surface area contributed by atoms with Crippen LogP contribution in [0, 0.1) is 4.64 Å². The molecule has 3 nitrogen and oxygen atoms in total. The molecule has 1 aliphatic rings. The van der Waals surface area contributed by atoms with E-state index in [1.54, 1.807) is 30.8 Å². The van der Waals surface area contributed by atoms with E-state index >= 15 is 0 Å². The number of hydrogen-bond donors (Lipinski definition) is 1. The van der Waals surface area contributed by atoms with Crippen molar-refractivity contribution in [3.63, 3.8) is 0 Å². The highest BCUT2D eigenvalue weighted by atomic mass is 35.5.